The van der Waals surface area contributed by atoms with Crippen molar-refractivity contribution in [1.29, 1.82) is 0 Å². The van der Waals surface area contributed by atoms with E-state index < -0.39 is 17.4 Å². The molecule has 1 saturated carbocycles. The van der Waals surface area contributed by atoms with E-state index in [1.807, 2.05) is 11.0 Å². The number of rotatable bonds is 5. The van der Waals surface area contributed by atoms with Crippen molar-refractivity contribution in [3.05, 3.63) is 60.0 Å². The average Bonchev–Trinajstić information content (AvgIpc) is 3.54. The van der Waals surface area contributed by atoms with Gasteiger partial charge in [0.1, 0.15) is 5.82 Å². The summed E-state index contributed by atoms with van der Waals surface area (Å²) in [5, 5.41) is 18.3. The average molecular weight is 443 g/mol. The molecule has 11 heteroatoms. The molecule has 166 valence electrons. The van der Waals surface area contributed by atoms with E-state index in [0.29, 0.717) is 30.3 Å². The van der Waals surface area contributed by atoms with Gasteiger partial charge in [-0.1, -0.05) is 12.1 Å². The number of likely N-dealkylation sites (tertiary alicyclic amines) is 1. The largest absolute Gasteiger partial charge is 0.435 e. The minimum atomic E-state index is -4.53. The van der Waals surface area contributed by atoms with Crippen molar-refractivity contribution in [2.75, 3.05) is 18.4 Å². The zero-order chi connectivity index (χ0) is 22.3. The Hall–Kier alpha value is -3.50. The molecule has 1 saturated heterocycles. The molecule has 8 nitrogen and oxygen atoms in total. The highest BCUT2D eigenvalue weighted by molar-refractivity contribution is 5.98. The van der Waals surface area contributed by atoms with Crippen molar-refractivity contribution in [2.45, 2.75) is 31.0 Å². The molecule has 2 aliphatic rings. The third-order valence-electron chi connectivity index (χ3n) is 6.27. The van der Waals surface area contributed by atoms with Crippen LogP contribution >= 0.6 is 0 Å². The standard InChI is InChI=1S/C21H20F3N7O/c22-21(23,24)17-5-6-18(29-28-17)25-13-20-8-7-14(11-20)12-30(20)19(32)15-3-1-2-4-16(15)31-26-9-10-27-31/h1-6,9-10,14H,7-8,11-13H2,(H,25,29). The zero-order valence-corrected chi connectivity index (χ0v) is 17.0. The lowest BCUT2D eigenvalue weighted by Gasteiger charge is -2.39. The minimum absolute atomic E-state index is 0.111. The molecular formula is C21H20F3N7O. The van der Waals surface area contributed by atoms with E-state index in [9.17, 15) is 18.0 Å². The molecule has 2 unspecified atom stereocenters. The van der Waals surface area contributed by atoms with Gasteiger partial charge in [-0.3, -0.25) is 4.79 Å². The first-order valence-electron chi connectivity index (χ1n) is 10.3. The van der Waals surface area contributed by atoms with Gasteiger partial charge in [0, 0.05) is 13.1 Å². The van der Waals surface area contributed by atoms with Crippen molar-refractivity contribution in [3.8, 4) is 5.69 Å². The summed E-state index contributed by atoms with van der Waals surface area (Å²) in [6.45, 7) is 1.03. The lowest BCUT2D eigenvalue weighted by atomic mass is 9.95. The minimum Gasteiger partial charge on any atom is -0.366 e. The number of amides is 1. The molecule has 5 rings (SSSR count). The summed E-state index contributed by atoms with van der Waals surface area (Å²) in [6.07, 6.45) is 1.22. The van der Waals surface area contributed by atoms with Crippen LogP contribution in [-0.4, -0.2) is 54.6 Å². The third-order valence-corrected chi connectivity index (χ3v) is 6.27. The molecule has 2 fully saturated rings. The van der Waals surface area contributed by atoms with Crippen molar-refractivity contribution in [1.82, 2.24) is 30.1 Å². The van der Waals surface area contributed by atoms with Crippen LogP contribution in [0.25, 0.3) is 5.69 Å². The molecular weight excluding hydrogens is 423 g/mol. The number of carbonyl (C=O) groups excluding carboxylic acids is 1. The molecule has 1 aliphatic heterocycles. The molecule has 0 spiro atoms. The predicted molar refractivity (Wildman–Crippen MR) is 108 cm³/mol. The topological polar surface area (TPSA) is 88.8 Å². The molecule has 1 aliphatic carbocycles. The van der Waals surface area contributed by atoms with Gasteiger partial charge in [-0.05, 0) is 49.4 Å². The number of fused-ring (bicyclic) bond motifs is 2. The fourth-order valence-corrected chi connectivity index (χ4v) is 4.77. The van der Waals surface area contributed by atoms with Gasteiger partial charge in [0.15, 0.2) is 5.69 Å². The van der Waals surface area contributed by atoms with Crippen LogP contribution < -0.4 is 5.32 Å². The summed E-state index contributed by atoms with van der Waals surface area (Å²) in [5.41, 5.74) is -0.368. The second kappa shape index (κ2) is 7.57. The van der Waals surface area contributed by atoms with Crippen molar-refractivity contribution in [2.24, 2.45) is 5.92 Å². The Balaban J connectivity index is 1.37. The van der Waals surface area contributed by atoms with Crippen LogP contribution in [0, 0.1) is 5.92 Å². The lowest BCUT2D eigenvalue weighted by molar-refractivity contribution is -0.141. The Morgan fingerprint density at radius 3 is 2.59 bits per heavy atom. The maximum atomic E-state index is 13.6. The Labute approximate surface area is 181 Å². The Morgan fingerprint density at radius 2 is 1.91 bits per heavy atom. The molecule has 3 heterocycles. The maximum Gasteiger partial charge on any atom is 0.435 e. The third kappa shape index (κ3) is 3.57. The van der Waals surface area contributed by atoms with Crippen LogP contribution in [0.3, 0.4) is 0 Å². The normalized spacial score (nSPS) is 22.3. The first-order chi connectivity index (χ1) is 15.4. The molecule has 2 aromatic heterocycles. The number of aromatic nitrogens is 5. The first kappa shape index (κ1) is 20.4. The molecule has 2 atom stereocenters. The van der Waals surface area contributed by atoms with Crippen LogP contribution in [-0.2, 0) is 6.18 Å². The molecule has 3 aromatic rings. The van der Waals surface area contributed by atoms with Crippen LogP contribution in [0.5, 0.6) is 0 Å². The SMILES string of the molecule is O=C(c1ccccc1-n1nccn1)N1CC2CCC1(CNc1ccc(C(F)(F)F)nn1)C2. The summed E-state index contributed by atoms with van der Waals surface area (Å²) >= 11 is 0. The molecule has 1 N–H and O–H groups in total. The highest BCUT2D eigenvalue weighted by Gasteiger charge is 2.52. The summed E-state index contributed by atoms with van der Waals surface area (Å²) < 4.78 is 38.2. The molecule has 2 bridgehead atoms. The highest BCUT2D eigenvalue weighted by Crippen LogP contribution is 2.47. The van der Waals surface area contributed by atoms with E-state index >= 15 is 0 Å². The zero-order valence-electron chi connectivity index (χ0n) is 17.0. The summed E-state index contributed by atoms with van der Waals surface area (Å²) in [7, 11) is 0. The number of nitrogens with zero attached hydrogens (tertiary/aromatic N) is 6. The van der Waals surface area contributed by atoms with E-state index in [0.717, 1.165) is 25.3 Å². The number of para-hydroxylation sites is 1. The number of hydrogen-bond acceptors (Lipinski definition) is 6. The van der Waals surface area contributed by atoms with Gasteiger partial charge in [-0.15, -0.1) is 10.2 Å². The van der Waals surface area contributed by atoms with Crippen LogP contribution in [0.15, 0.2) is 48.8 Å². The number of halogens is 3. The number of anilines is 1. The maximum absolute atomic E-state index is 13.6. The van der Waals surface area contributed by atoms with Gasteiger partial charge < -0.3 is 10.2 Å². The molecule has 1 amide bonds. The predicted octanol–water partition coefficient (Wildman–Crippen LogP) is 3.18. The van der Waals surface area contributed by atoms with Gasteiger partial charge in [-0.25, -0.2) is 0 Å². The lowest BCUT2D eigenvalue weighted by Crippen LogP contribution is -2.52. The second-order valence-corrected chi connectivity index (χ2v) is 8.24. The Kier molecular flexibility index (Phi) is 4.83. The number of carbonyl (C=O) groups is 1. The number of benzene rings is 1. The number of alkyl halides is 3. The Bertz CT molecular complexity index is 1120. The fraction of sp³-hybridized carbons (Fsp3) is 0.381. The van der Waals surface area contributed by atoms with Crippen LogP contribution in [0.1, 0.15) is 35.3 Å². The number of hydrogen-bond donors (Lipinski definition) is 1. The van der Waals surface area contributed by atoms with Crippen LogP contribution in [0.2, 0.25) is 0 Å². The number of piperidine rings is 1. The van der Waals surface area contributed by atoms with Gasteiger partial charge in [-0.2, -0.15) is 28.2 Å². The van der Waals surface area contributed by atoms with E-state index in [1.165, 1.54) is 10.9 Å². The van der Waals surface area contributed by atoms with E-state index in [-0.39, 0.29) is 11.7 Å². The summed E-state index contributed by atoms with van der Waals surface area (Å²) in [6, 6.07) is 9.34. The summed E-state index contributed by atoms with van der Waals surface area (Å²) in [4.78, 5) is 16.9. The van der Waals surface area contributed by atoms with Gasteiger partial charge in [0.25, 0.3) is 5.91 Å². The van der Waals surface area contributed by atoms with E-state index in [2.05, 4.69) is 25.7 Å². The van der Waals surface area contributed by atoms with Crippen molar-refractivity contribution < 1.29 is 18.0 Å². The number of nitrogens with one attached hydrogen (secondary N) is 1. The quantitative estimate of drug-likeness (QED) is 0.652. The first-order valence-corrected chi connectivity index (χ1v) is 10.3. The van der Waals surface area contributed by atoms with Crippen molar-refractivity contribution in [3.63, 3.8) is 0 Å². The van der Waals surface area contributed by atoms with Gasteiger partial charge in [0.05, 0.1) is 29.2 Å². The van der Waals surface area contributed by atoms with E-state index in [1.54, 1.807) is 30.6 Å². The molecule has 0 radical (unpaired) electrons. The van der Waals surface area contributed by atoms with Gasteiger partial charge >= 0.3 is 6.18 Å². The van der Waals surface area contributed by atoms with Crippen LogP contribution in [0.4, 0.5) is 19.0 Å². The Morgan fingerprint density at radius 1 is 1.12 bits per heavy atom. The monoisotopic (exact) mass is 443 g/mol. The van der Waals surface area contributed by atoms with Crippen molar-refractivity contribution >= 4 is 11.7 Å². The van der Waals surface area contributed by atoms with E-state index in [4.69, 9.17) is 0 Å². The molecule has 1 aromatic carbocycles. The fourth-order valence-electron chi connectivity index (χ4n) is 4.77. The smallest absolute Gasteiger partial charge is 0.366 e. The van der Waals surface area contributed by atoms with Gasteiger partial charge in [0.2, 0.25) is 0 Å². The highest BCUT2D eigenvalue weighted by atomic mass is 19.4. The molecule has 32 heavy (non-hydrogen) atoms. The summed E-state index contributed by atoms with van der Waals surface area (Å²) in [5.74, 6) is 0.533. The second-order valence-electron chi connectivity index (χ2n) is 8.24.